The number of aliphatic carboxylic acids is 1. The Balaban J connectivity index is 2.47. The molecule has 21 heavy (non-hydrogen) atoms. The summed E-state index contributed by atoms with van der Waals surface area (Å²) in [5.74, 6) is -1.28. The maximum atomic E-state index is 11.9. The number of carboxylic acid groups (broad SMARTS) is 1. The second kappa shape index (κ2) is 7.88. The zero-order chi connectivity index (χ0) is 15.8. The molecule has 1 unspecified atom stereocenters. The van der Waals surface area contributed by atoms with Crippen molar-refractivity contribution in [1.82, 2.24) is 10.6 Å². The highest BCUT2D eigenvalue weighted by atomic mass is 16.4. The third-order valence-electron chi connectivity index (χ3n) is 2.82. The van der Waals surface area contributed by atoms with Crippen LogP contribution in [0.2, 0.25) is 0 Å². The van der Waals surface area contributed by atoms with Gasteiger partial charge in [-0.1, -0.05) is 19.1 Å². The largest absolute Gasteiger partial charge is 0.481 e. The van der Waals surface area contributed by atoms with Crippen molar-refractivity contribution in [2.24, 2.45) is 11.7 Å². The van der Waals surface area contributed by atoms with Crippen LogP contribution in [-0.4, -0.2) is 29.6 Å². The van der Waals surface area contributed by atoms with E-state index < -0.39 is 12.0 Å². The first-order valence-electron chi connectivity index (χ1n) is 6.50. The molecule has 114 valence electrons. The molecule has 0 bridgehead atoms. The van der Waals surface area contributed by atoms with E-state index in [0.29, 0.717) is 18.7 Å². The molecule has 5 N–H and O–H groups in total. The molecule has 0 heterocycles. The van der Waals surface area contributed by atoms with E-state index in [2.05, 4.69) is 10.6 Å². The van der Waals surface area contributed by atoms with Crippen LogP contribution in [0.15, 0.2) is 24.3 Å². The molecule has 0 aromatic heterocycles. The average molecular weight is 293 g/mol. The number of carboxylic acids is 1. The summed E-state index contributed by atoms with van der Waals surface area (Å²) in [7, 11) is 0. The van der Waals surface area contributed by atoms with Crippen molar-refractivity contribution in [3.05, 3.63) is 35.4 Å². The maximum absolute atomic E-state index is 11.9. The highest BCUT2D eigenvalue weighted by Gasteiger charge is 2.10. The highest BCUT2D eigenvalue weighted by molar-refractivity contribution is 5.94. The summed E-state index contributed by atoms with van der Waals surface area (Å²) >= 11 is 0. The van der Waals surface area contributed by atoms with Crippen molar-refractivity contribution in [3.63, 3.8) is 0 Å². The molecule has 0 saturated carbocycles. The van der Waals surface area contributed by atoms with Gasteiger partial charge in [0.1, 0.15) is 0 Å². The van der Waals surface area contributed by atoms with Crippen LogP contribution >= 0.6 is 0 Å². The van der Waals surface area contributed by atoms with E-state index in [1.165, 1.54) is 0 Å². The van der Waals surface area contributed by atoms with Gasteiger partial charge in [0.05, 0.1) is 0 Å². The normalized spacial score (nSPS) is 11.5. The summed E-state index contributed by atoms with van der Waals surface area (Å²) in [5, 5.41) is 13.8. The van der Waals surface area contributed by atoms with Crippen LogP contribution in [-0.2, 0) is 11.3 Å². The Morgan fingerprint density at radius 2 is 1.81 bits per heavy atom. The standard InChI is InChI=1S/C14H19N3O4/c1-9(6-12(18)19)7-16-13(20)11-4-2-10(3-5-11)8-17-14(15)21/h2-5,9H,6-8H2,1H3,(H,16,20)(H,18,19)(H3,15,17,21). The number of primary amides is 1. The first-order chi connectivity index (χ1) is 9.88. The van der Waals surface area contributed by atoms with Crippen molar-refractivity contribution in [2.45, 2.75) is 19.9 Å². The van der Waals surface area contributed by atoms with E-state index in [9.17, 15) is 14.4 Å². The zero-order valence-electron chi connectivity index (χ0n) is 11.8. The Morgan fingerprint density at radius 1 is 1.19 bits per heavy atom. The van der Waals surface area contributed by atoms with E-state index >= 15 is 0 Å². The first-order valence-corrected chi connectivity index (χ1v) is 6.50. The number of carbonyl (C=O) groups is 3. The van der Waals surface area contributed by atoms with Gasteiger partial charge in [-0.05, 0) is 23.6 Å². The van der Waals surface area contributed by atoms with Gasteiger partial charge in [0.2, 0.25) is 0 Å². The quantitative estimate of drug-likeness (QED) is 0.591. The summed E-state index contributed by atoms with van der Waals surface area (Å²) in [6.07, 6.45) is 0.0119. The van der Waals surface area contributed by atoms with Gasteiger partial charge in [0.25, 0.3) is 5.91 Å². The fraction of sp³-hybridized carbons (Fsp3) is 0.357. The number of rotatable bonds is 7. The molecule has 1 aromatic rings. The monoisotopic (exact) mass is 293 g/mol. The number of carbonyl (C=O) groups excluding carboxylic acids is 2. The molecule has 0 radical (unpaired) electrons. The number of benzene rings is 1. The Hall–Kier alpha value is -2.57. The van der Waals surface area contributed by atoms with Gasteiger partial charge in [-0.25, -0.2) is 4.79 Å². The molecule has 0 aliphatic carbocycles. The minimum Gasteiger partial charge on any atom is -0.481 e. The van der Waals surface area contributed by atoms with Gasteiger partial charge < -0.3 is 21.5 Å². The van der Waals surface area contributed by atoms with E-state index in [1.54, 1.807) is 31.2 Å². The minimum absolute atomic E-state index is 0.0119. The number of hydrogen-bond donors (Lipinski definition) is 4. The van der Waals surface area contributed by atoms with Crippen molar-refractivity contribution < 1.29 is 19.5 Å². The molecule has 7 heteroatoms. The SMILES string of the molecule is CC(CNC(=O)c1ccc(CNC(N)=O)cc1)CC(=O)O. The van der Waals surface area contributed by atoms with E-state index in [4.69, 9.17) is 10.8 Å². The Bertz CT molecular complexity index is 513. The Labute approximate surface area is 122 Å². The predicted octanol–water partition coefficient (Wildman–Crippen LogP) is 0.695. The summed E-state index contributed by atoms with van der Waals surface area (Å²) in [5.41, 5.74) is 6.26. The van der Waals surface area contributed by atoms with Crippen LogP contribution in [0.3, 0.4) is 0 Å². The molecule has 7 nitrogen and oxygen atoms in total. The zero-order valence-corrected chi connectivity index (χ0v) is 11.8. The smallest absolute Gasteiger partial charge is 0.312 e. The Kier molecular flexibility index (Phi) is 6.19. The predicted molar refractivity (Wildman–Crippen MR) is 76.6 cm³/mol. The topological polar surface area (TPSA) is 122 Å². The molecule has 3 amide bonds. The molecular formula is C14H19N3O4. The first kappa shape index (κ1) is 16.5. The fourth-order valence-electron chi connectivity index (χ4n) is 1.70. The van der Waals surface area contributed by atoms with Crippen LogP contribution in [0.1, 0.15) is 29.3 Å². The molecule has 1 atom stereocenters. The van der Waals surface area contributed by atoms with E-state index in [-0.39, 0.29) is 18.2 Å². The van der Waals surface area contributed by atoms with Crippen LogP contribution in [0, 0.1) is 5.92 Å². The molecular weight excluding hydrogens is 274 g/mol. The lowest BCUT2D eigenvalue weighted by Gasteiger charge is -2.10. The number of nitrogens with two attached hydrogens (primary N) is 1. The summed E-state index contributed by atoms with van der Waals surface area (Å²) in [6, 6.07) is 6.09. The van der Waals surface area contributed by atoms with E-state index in [0.717, 1.165) is 5.56 Å². The van der Waals surface area contributed by atoms with Crippen LogP contribution in [0.5, 0.6) is 0 Å². The molecule has 0 aliphatic rings. The van der Waals surface area contributed by atoms with Gasteiger partial charge in [-0.3, -0.25) is 9.59 Å². The molecule has 1 aromatic carbocycles. The maximum Gasteiger partial charge on any atom is 0.312 e. The second-order valence-electron chi connectivity index (χ2n) is 4.83. The third-order valence-corrected chi connectivity index (χ3v) is 2.82. The van der Waals surface area contributed by atoms with Crippen molar-refractivity contribution >= 4 is 17.9 Å². The van der Waals surface area contributed by atoms with Gasteiger partial charge in [-0.2, -0.15) is 0 Å². The number of amides is 3. The summed E-state index contributed by atoms with van der Waals surface area (Å²) in [6.45, 7) is 2.36. The highest BCUT2D eigenvalue weighted by Crippen LogP contribution is 2.05. The number of urea groups is 1. The molecule has 1 rings (SSSR count). The van der Waals surface area contributed by atoms with Crippen molar-refractivity contribution in [1.29, 1.82) is 0 Å². The van der Waals surface area contributed by atoms with Gasteiger partial charge in [0.15, 0.2) is 0 Å². The number of hydrogen-bond acceptors (Lipinski definition) is 3. The average Bonchev–Trinajstić information content (AvgIpc) is 2.42. The van der Waals surface area contributed by atoms with Crippen molar-refractivity contribution in [2.75, 3.05) is 6.54 Å². The van der Waals surface area contributed by atoms with Gasteiger partial charge in [0, 0.05) is 25.1 Å². The van der Waals surface area contributed by atoms with Crippen LogP contribution < -0.4 is 16.4 Å². The third kappa shape index (κ3) is 6.42. The molecule has 0 fully saturated rings. The van der Waals surface area contributed by atoms with E-state index in [1.807, 2.05) is 0 Å². The second-order valence-corrected chi connectivity index (χ2v) is 4.83. The number of nitrogens with one attached hydrogen (secondary N) is 2. The van der Waals surface area contributed by atoms with Gasteiger partial charge in [-0.15, -0.1) is 0 Å². The molecule has 0 spiro atoms. The lowest BCUT2D eigenvalue weighted by atomic mass is 10.1. The summed E-state index contributed by atoms with van der Waals surface area (Å²) in [4.78, 5) is 33.0. The van der Waals surface area contributed by atoms with Crippen LogP contribution in [0.25, 0.3) is 0 Å². The summed E-state index contributed by atoms with van der Waals surface area (Å²) < 4.78 is 0. The van der Waals surface area contributed by atoms with Crippen molar-refractivity contribution in [3.8, 4) is 0 Å². The molecule has 0 saturated heterocycles. The van der Waals surface area contributed by atoms with Gasteiger partial charge >= 0.3 is 12.0 Å². The van der Waals surface area contributed by atoms with Crippen LogP contribution in [0.4, 0.5) is 4.79 Å². The fourth-order valence-corrected chi connectivity index (χ4v) is 1.70. The molecule has 0 aliphatic heterocycles. The lowest BCUT2D eigenvalue weighted by Crippen LogP contribution is -2.29. The minimum atomic E-state index is -0.886. The lowest BCUT2D eigenvalue weighted by molar-refractivity contribution is -0.137. The Morgan fingerprint density at radius 3 is 2.33 bits per heavy atom.